The van der Waals surface area contributed by atoms with E-state index in [1.807, 2.05) is 6.92 Å². The zero-order valence-electron chi connectivity index (χ0n) is 10.4. The predicted octanol–water partition coefficient (Wildman–Crippen LogP) is 1.49. The topological polar surface area (TPSA) is 116 Å². The first kappa shape index (κ1) is 14.1. The van der Waals surface area contributed by atoms with Gasteiger partial charge in [-0.25, -0.2) is 10.8 Å². The van der Waals surface area contributed by atoms with Crippen molar-refractivity contribution in [3.05, 3.63) is 16.4 Å². The second kappa shape index (κ2) is 6.70. The Bertz CT molecular complexity index is 412. The molecule has 100 valence electrons. The van der Waals surface area contributed by atoms with Gasteiger partial charge in [-0.2, -0.15) is 4.98 Å². The average Bonchev–Trinajstić information content (AvgIpc) is 2.35. The number of nitrogens with zero attached hydrogens (tertiary/aromatic N) is 3. The van der Waals surface area contributed by atoms with Crippen molar-refractivity contribution < 1.29 is 9.66 Å². The second-order valence-electron chi connectivity index (χ2n) is 3.98. The summed E-state index contributed by atoms with van der Waals surface area (Å²) in [4.78, 5) is 17.7. The van der Waals surface area contributed by atoms with Crippen LogP contribution in [0.4, 0.5) is 11.5 Å². The highest BCUT2D eigenvalue weighted by molar-refractivity contribution is 5.60. The van der Waals surface area contributed by atoms with Gasteiger partial charge >= 0.3 is 5.69 Å². The molecule has 0 aliphatic heterocycles. The van der Waals surface area contributed by atoms with E-state index in [0.717, 1.165) is 12.8 Å². The minimum atomic E-state index is -0.616. The lowest BCUT2D eigenvalue weighted by molar-refractivity contribution is -0.385. The molecule has 0 radical (unpaired) electrons. The van der Waals surface area contributed by atoms with Crippen molar-refractivity contribution in [3.63, 3.8) is 0 Å². The number of nitrogen functional groups attached to an aromatic ring is 1. The molecule has 18 heavy (non-hydrogen) atoms. The van der Waals surface area contributed by atoms with Gasteiger partial charge in [0.15, 0.2) is 0 Å². The minimum absolute atomic E-state index is 0.0619. The fourth-order valence-corrected chi connectivity index (χ4v) is 1.54. The molecule has 0 aliphatic carbocycles. The van der Waals surface area contributed by atoms with Crippen molar-refractivity contribution in [1.82, 2.24) is 9.97 Å². The van der Waals surface area contributed by atoms with Gasteiger partial charge in [0.1, 0.15) is 6.33 Å². The summed E-state index contributed by atoms with van der Waals surface area (Å²) in [6, 6.07) is 0. The van der Waals surface area contributed by atoms with Gasteiger partial charge in [-0.05, 0) is 12.3 Å². The molecule has 0 aromatic carbocycles. The molecule has 1 rings (SSSR count). The maximum atomic E-state index is 10.9. The molecule has 1 unspecified atom stereocenters. The summed E-state index contributed by atoms with van der Waals surface area (Å²) < 4.78 is 5.37. The summed E-state index contributed by atoms with van der Waals surface area (Å²) in [5, 5.41) is 10.9. The molecule has 8 heteroatoms. The second-order valence-corrected chi connectivity index (χ2v) is 3.98. The first-order chi connectivity index (χ1) is 8.60. The molecule has 1 aromatic heterocycles. The van der Waals surface area contributed by atoms with Crippen LogP contribution in [0.1, 0.15) is 26.7 Å². The van der Waals surface area contributed by atoms with Gasteiger partial charge in [0.05, 0.1) is 11.5 Å². The van der Waals surface area contributed by atoms with E-state index < -0.39 is 4.92 Å². The molecule has 0 fully saturated rings. The van der Waals surface area contributed by atoms with Gasteiger partial charge in [-0.15, -0.1) is 0 Å². The first-order valence-corrected chi connectivity index (χ1v) is 5.68. The normalized spacial score (nSPS) is 11.9. The smallest absolute Gasteiger partial charge is 0.374 e. The largest absolute Gasteiger partial charge is 0.472 e. The van der Waals surface area contributed by atoms with Crippen LogP contribution >= 0.6 is 0 Å². The Hall–Kier alpha value is -1.96. The molecule has 8 nitrogen and oxygen atoms in total. The minimum Gasteiger partial charge on any atom is -0.472 e. The SMILES string of the molecule is CCCC(C)COc1ncnc(NN)c1[N+](=O)[O-]. The van der Waals surface area contributed by atoms with Gasteiger partial charge in [0, 0.05) is 0 Å². The lowest BCUT2D eigenvalue weighted by Gasteiger charge is -2.11. The van der Waals surface area contributed by atoms with E-state index in [4.69, 9.17) is 10.6 Å². The van der Waals surface area contributed by atoms with E-state index >= 15 is 0 Å². The zero-order chi connectivity index (χ0) is 13.5. The van der Waals surface area contributed by atoms with E-state index in [1.54, 1.807) is 0 Å². The van der Waals surface area contributed by atoms with Gasteiger partial charge in [-0.1, -0.05) is 20.3 Å². The lowest BCUT2D eigenvalue weighted by atomic mass is 10.1. The molecule has 0 aliphatic rings. The quantitative estimate of drug-likeness (QED) is 0.430. The molecule has 3 N–H and O–H groups in total. The Morgan fingerprint density at radius 1 is 1.61 bits per heavy atom. The van der Waals surface area contributed by atoms with Crippen LogP contribution in [0.5, 0.6) is 5.88 Å². The Morgan fingerprint density at radius 3 is 2.89 bits per heavy atom. The van der Waals surface area contributed by atoms with Crippen LogP contribution in [0.25, 0.3) is 0 Å². The molecule has 0 spiro atoms. The Morgan fingerprint density at radius 2 is 2.33 bits per heavy atom. The van der Waals surface area contributed by atoms with Crippen LogP contribution < -0.4 is 16.0 Å². The Labute approximate surface area is 105 Å². The van der Waals surface area contributed by atoms with Crippen molar-refractivity contribution in [2.24, 2.45) is 11.8 Å². The van der Waals surface area contributed by atoms with Gasteiger partial charge in [-0.3, -0.25) is 10.1 Å². The average molecular weight is 255 g/mol. The summed E-state index contributed by atoms with van der Waals surface area (Å²) in [5.74, 6) is 5.34. The fourth-order valence-electron chi connectivity index (χ4n) is 1.54. The van der Waals surface area contributed by atoms with Crippen molar-refractivity contribution in [2.45, 2.75) is 26.7 Å². The van der Waals surface area contributed by atoms with Crippen LogP contribution in [-0.4, -0.2) is 21.5 Å². The number of nitrogens with two attached hydrogens (primary N) is 1. The van der Waals surface area contributed by atoms with Crippen molar-refractivity contribution in [1.29, 1.82) is 0 Å². The van der Waals surface area contributed by atoms with Gasteiger partial charge in [0.25, 0.3) is 5.88 Å². The van der Waals surface area contributed by atoms with Crippen molar-refractivity contribution in [2.75, 3.05) is 12.0 Å². The fraction of sp³-hybridized carbons (Fsp3) is 0.600. The number of nitrogens with one attached hydrogen (secondary N) is 1. The zero-order valence-corrected chi connectivity index (χ0v) is 10.4. The molecular formula is C10H17N5O3. The number of rotatable bonds is 7. The number of ether oxygens (including phenoxy) is 1. The number of hydrazine groups is 1. The Kier molecular flexibility index (Phi) is 5.25. The highest BCUT2D eigenvalue weighted by atomic mass is 16.6. The third-order valence-electron chi connectivity index (χ3n) is 2.39. The monoisotopic (exact) mass is 255 g/mol. The van der Waals surface area contributed by atoms with Crippen molar-refractivity contribution >= 4 is 11.5 Å². The predicted molar refractivity (Wildman–Crippen MR) is 66.1 cm³/mol. The van der Waals surface area contributed by atoms with E-state index in [1.165, 1.54) is 6.33 Å². The molecule has 0 amide bonds. The van der Waals surface area contributed by atoms with E-state index in [9.17, 15) is 10.1 Å². The first-order valence-electron chi connectivity index (χ1n) is 5.68. The third-order valence-corrected chi connectivity index (χ3v) is 2.39. The van der Waals surface area contributed by atoms with Gasteiger partial charge < -0.3 is 10.2 Å². The maximum absolute atomic E-state index is 10.9. The van der Waals surface area contributed by atoms with Crippen LogP contribution in [0.2, 0.25) is 0 Å². The number of hydrogen-bond donors (Lipinski definition) is 2. The summed E-state index contributed by atoms with van der Waals surface area (Å²) in [7, 11) is 0. The lowest BCUT2D eigenvalue weighted by Crippen LogP contribution is -2.14. The highest BCUT2D eigenvalue weighted by Gasteiger charge is 2.24. The molecule has 0 bridgehead atoms. The van der Waals surface area contributed by atoms with Gasteiger partial charge in [0.2, 0.25) is 5.82 Å². The summed E-state index contributed by atoms with van der Waals surface area (Å²) in [6.07, 6.45) is 3.19. The summed E-state index contributed by atoms with van der Waals surface area (Å²) >= 11 is 0. The Balaban J connectivity index is 2.85. The molecule has 1 atom stereocenters. The van der Waals surface area contributed by atoms with E-state index in [0.29, 0.717) is 12.5 Å². The summed E-state index contributed by atoms with van der Waals surface area (Å²) in [5.41, 5.74) is 1.81. The molecule has 1 aromatic rings. The maximum Gasteiger partial charge on any atom is 0.374 e. The summed E-state index contributed by atoms with van der Waals surface area (Å²) in [6.45, 7) is 4.45. The van der Waals surface area contributed by atoms with Crippen LogP contribution in [0.3, 0.4) is 0 Å². The number of aromatic nitrogens is 2. The molecule has 0 saturated heterocycles. The number of anilines is 1. The highest BCUT2D eigenvalue weighted by Crippen LogP contribution is 2.30. The van der Waals surface area contributed by atoms with E-state index in [-0.39, 0.29) is 17.4 Å². The number of nitro groups is 1. The number of hydrogen-bond acceptors (Lipinski definition) is 7. The van der Waals surface area contributed by atoms with Crippen LogP contribution in [-0.2, 0) is 0 Å². The molecule has 0 saturated carbocycles. The standard InChI is InChI=1S/C10H17N5O3/c1-3-4-7(2)5-18-10-8(15(16)17)9(14-11)12-6-13-10/h6-7H,3-5,11H2,1-2H3,(H,12,13,14). The molecule has 1 heterocycles. The van der Waals surface area contributed by atoms with Crippen LogP contribution in [0, 0.1) is 16.0 Å². The van der Waals surface area contributed by atoms with Crippen molar-refractivity contribution in [3.8, 4) is 5.88 Å². The van der Waals surface area contributed by atoms with E-state index in [2.05, 4.69) is 22.3 Å². The third kappa shape index (κ3) is 3.52. The molecular weight excluding hydrogens is 238 g/mol. The van der Waals surface area contributed by atoms with Crippen LogP contribution in [0.15, 0.2) is 6.33 Å².